The van der Waals surface area contributed by atoms with Gasteiger partial charge in [-0.15, -0.1) is 0 Å². The number of carbonyl (C=O) groups is 1. The maximum absolute atomic E-state index is 11.6. The number of carbonyl (C=O) groups excluding carboxylic acids is 1. The normalized spacial score (nSPS) is 29.6. The van der Waals surface area contributed by atoms with Gasteiger partial charge in [-0.3, -0.25) is 9.69 Å². The topological polar surface area (TPSA) is 44.1 Å². The minimum atomic E-state index is -0.396. The van der Waals surface area contributed by atoms with Crippen LogP contribution in [0, 0.1) is 17.2 Å². The molecular weight excluding hydrogens is 164 g/mol. The van der Waals surface area contributed by atoms with Gasteiger partial charge in [-0.1, -0.05) is 6.92 Å². The molecule has 0 radical (unpaired) electrons. The maximum Gasteiger partial charge on any atom is 0.168 e. The number of hydrogen-bond donors (Lipinski definition) is 0. The van der Waals surface area contributed by atoms with Gasteiger partial charge in [0.1, 0.15) is 5.92 Å². The Hall–Kier alpha value is -0.880. The number of ketones is 1. The highest BCUT2D eigenvalue weighted by Crippen LogP contribution is 2.23. The van der Waals surface area contributed by atoms with Crippen molar-refractivity contribution in [3.63, 3.8) is 0 Å². The Morgan fingerprint density at radius 3 is 2.62 bits per heavy atom. The van der Waals surface area contributed by atoms with Crippen LogP contribution < -0.4 is 0 Å². The van der Waals surface area contributed by atoms with Gasteiger partial charge in [0.05, 0.1) is 12.1 Å². The van der Waals surface area contributed by atoms with Gasteiger partial charge >= 0.3 is 0 Å². The first kappa shape index (κ1) is 10.2. The van der Waals surface area contributed by atoms with Crippen molar-refractivity contribution >= 4 is 5.78 Å². The van der Waals surface area contributed by atoms with Gasteiger partial charge in [-0.05, 0) is 20.3 Å². The van der Waals surface area contributed by atoms with E-state index in [4.69, 9.17) is 5.26 Å². The Morgan fingerprint density at radius 1 is 1.69 bits per heavy atom. The summed E-state index contributed by atoms with van der Waals surface area (Å²) in [4.78, 5) is 13.7. The van der Waals surface area contributed by atoms with Crippen molar-refractivity contribution in [3.8, 4) is 6.07 Å². The molecule has 0 bridgehead atoms. The highest BCUT2D eigenvalue weighted by atomic mass is 16.1. The molecule has 0 spiro atoms. The predicted molar refractivity (Wildman–Crippen MR) is 50.0 cm³/mol. The van der Waals surface area contributed by atoms with Crippen molar-refractivity contribution in [3.05, 3.63) is 0 Å². The molecule has 13 heavy (non-hydrogen) atoms. The minimum Gasteiger partial charge on any atom is -0.296 e. The molecule has 0 aliphatic carbocycles. The molecule has 72 valence electrons. The monoisotopic (exact) mass is 180 g/mol. The van der Waals surface area contributed by atoms with Gasteiger partial charge in [0, 0.05) is 12.6 Å². The first-order valence-corrected chi connectivity index (χ1v) is 4.80. The second-order valence-electron chi connectivity index (χ2n) is 3.80. The van der Waals surface area contributed by atoms with Crippen LogP contribution in [0.15, 0.2) is 0 Å². The number of Topliss-reactive ketones (excluding diaryl/α,β-unsaturated/α-hetero) is 1. The molecule has 0 aromatic heterocycles. The van der Waals surface area contributed by atoms with E-state index in [0.29, 0.717) is 12.6 Å². The third-order valence-corrected chi connectivity index (χ3v) is 2.67. The van der Waals surface area contributed by atoms with Crippen LogP contribution in [-0.2, 0) is 4.79 Å². The predicted octanol–water partition coefficient (Wildman–Crippen LogP) is 1.20. The largest absolute Gasteiger partial charge is 0.296 e. The van der Waals surface area contributed by atoms with Gasteiger partial charge in [0.15, 0.2) is 5.78 Å². The fraction of sp³-hybridized carbons (Fsp3) is 0.800. The van der Waals surface area contributed by atoms with E-state index in [-0.39, 0.29) is 11.8 Å². The van der Waals surface area contributed by atoms with Crippen LogP contribution in [0.25, 0.3) is 0 Å². The van der Waals surface area contributed by atoms with Crippen molar-refractivity contribution in [1.29, 1.82) is 5.26 Å². The van der Waals surface area contributed by atoms with E-state index < -0.39 is 5.92 Å². The van der Waals surface area contributed by atoms with Crippen LogP contribution >= 0.6 is 0 Å². The van der Waals surface area contributed by atoms with Crippen molar-refractivity contribution in [2.45, 2.75) is 39.3 Å². The molecule has 1 fully saturated rings. The van der Waals surface area contributed by atoms with E-state index in [1.165, 1.54) is 0 Å². The summed E-state index contributed by atoms with van der Waals surface area (Å²) < 4.78 is 0. The lowest BCUT2D eigenvalue weighted by Crippen LogP contribution is -2.37. The molecule has 1 rings (SSSR count). The number of rotatable bonds is 2. The molecule has 2 atom stereocenters. The van der Waals surface area contributed by atoms with Crippen LogP contribution in [0.3, 0.4) is 0 Å². The van der Waals surface area contributed by atoms with Crippen molar-refractivity contribution < 1.29 is 4.79 Å². The Labute approximate surface area is 79.3 Å². The van der Waals surface area contributed by atoms with E-state index in [1.807, 2.05) is 6.92 Å². The smallest absolute Gasteiger partial charge is 0.168 e. The molecule has 2 unspecified atom stereocenters. The first-order valence-electron chi connectivity index (χ1n) is 4.80. The summed E-state index contributed by atoms with van der Waals surface area (Å²) in [5.41, 5.74) is 0. The Kier molecular flexibility index (Phi) is 3.05. The fourth-order valence-electron chi connectivity index (χ4n) is 1.93. The van der Waals surface area contributed by atoms with E-state index in [9.17, 15) is 4.79 Å². The fourth-order valence-corrected chi connectivity index (χ4v) is 1.93. The minimum absolute atomic E-state index is 0.0235. The third kappa shape index (κ3) is 1.73. The van der Waals surface area contributed by atoms with Gasteiger partial charge in [0.25, 0.3) is 0 Å². The Balaban J connectivity index is 2.80. The molecule has 1 aliphatic rings. The number of likely N-dealkylation sites (tertiary alicyclic amines) is 1. The summed E-state index contributed by atoms with van der Waals surface area (Å²) in [7, 11) is 0. The van der Waals surface area contributed by atoms with Crippen molar-refractivity contribution in [2.75, 3.05) is 6.54 Å². The molecule has 0 amide bonds. The standard InChI is InChI=1S/C10H16N2O/c1-4-9-10(13)8(5-11)6-12(9)7(2)3/h7-9H,4,6H2,1-3H3. The van der Waals surface area contributed by atoms with Crippen molar-refractivity contribution in [1.82, 2.24) is 4.90 Å². The summed E-state index contributed by atoms with van der Waals surface area (Å²) in [6.07, 6.45) is 0.815. The lowest BCUT2D eigenvalue weighted by atomic mass is 10.0. The zero-order chi connectivity index (χ0) is 10.0. The maximum atomic E-state index is 11.6. The highest BCUT2D eigenvalue weighted by Gasteiger charge is 2.40. The molecule has 0 aromatic rings. The molecule has 3 heteroatoms. The second kappa shape index (κ2) is 3.89. The van der Waals surface area contributed by atoms with Crippen LogP contribution in [0.2, 0.25) is 0 Å². The summed E-state index contributed by atoms with van der Waals surface area (Å²) in [5.74, 6) is -0.286. The van der Waals surface area contributed by atoms with Crippen molar-refractivity contribution in [2.24, 2.45) is 5.92 Å². The van der Waals surface area contributed by atoms with Gasteiger partial charge in [-0.25, -0.2) is 0 Å². The number of hydrogen-bond acceptors (Lipinski definition) is 3. The number of nitriles is 1. The zero-order valence-electron chi connectivity index (χ0n) is 8.45. The molecule has 1 saturated heterocycles. The SMILES string of the molecule is CCC1C(=O)C(C#N)CN1C(C)C. The summed E-state index contributed by atoms with van der Waals surface area (Å²) in [6.45, 7) is 6.74. The van der Waals surface area contributed by atoms with Crippen LogP contribution in [-0.4, -0.2) is 29.3 Å². The average Bonchev–Trinajstić information content (AvgIpc) is 2.42. The average molecular weight is 180 g/mol. The summed E-state index contributed by atoms with van der Waals surface area (Å²) >= 11 is 0. The molecule has 3 nitrogen and oxygen atoms in total. The van der Waals surface area contributed by atoms with Gasteiger partial charge < -0.3 is 0 Å². The van der Waals surface area contributed by atoms with Gasteiger partial charge in [0.2, 0.25) is 0 Å². The molecule has 1 aliphatic heterocycles. The molecule has 0 aromatic carbocycles. The Morgan fingerprint density at radius 2 is 2.31 bits per heavy atom. The zero-order valence-corrected chi connectivity index (χ0v) is 8.45. The molecular formula is C10H16N2O. The third-order valence-electron chi connectivity index (χ3n) is 2.67. The summed E-state index contributed by atoms with van der Waals surface area (Å²) in [6, 6.07) is 2.40. The lowest BCUT2D eigenvalue weighted by molar-refractivity contribution is -0.121. The van der Waals surface area contributed by atoms with Crippen LogP contribution in [0.5, 0.6) is 0 Å². The quantitative estimate of drug-likeness (QED) is 0.641. The summed E-state index contributed by atoms with van der Waals surface area (Å²) in [5, 5.41) is 8.75. The molecule has 0 N–H and O–H groups in total. The lowest BCUT2D eigenvalue weighted by Gasteiger charge is -2.25. The van der Waals surface area contributed by atoms with Crippen LogP contribution in [0.4, 0.5) is 0 Å². The Bertz CT molecular complexity index is 242. The first-order chi connectivity index (χ1) is 6.11. The molecule has 1 heterocycles. The van der Waals surface area contributed by atoms with Crippen LogP contribution in [0.1, 0.15) is 27.2 Å². The van der Waals surface area contributed by atoms with E-state index >= 15 is 0 Å². The number of nitrogens with zero attached hydrogens (tertiary/aromatic N) is 2. The van der Waals surface area contributed by atoms with E-state index in [2.05, 4.69) is 24.8 Å². The van der Waals surface area contributed by atoms with Gasteiger partial charge in [-0.2, -0.15) is 5.26 Å². The van der Waals surface area contributed by atoms with E-state index in [1.54, 1.807) is 0 Å². The molecule has 0 saturated carbocycles. The highest BCUT2D eigenvalue weighted by molar-refractivity contribution is 5.90. The van der Waals surface area contributed by atoms with E-state index in [0.717, 1.165) is 6.42 Å². The second-order valence-corrected chi connectivity index (χ2v) is 3.80.